The van der Waals surface area contributed by atoms with E-state index in [4.69, 9.17) is 11.6 Å². The smallest absolute Gasteiger partial charge is 0.192 e. The van der Waals surface area contributed by atoms with Crippen molar-refractivity contribution in [1.29, 1.82) is 0 Å². The van der Waals surface area contributed by atoms with Gasteiger partial charge in [0, 0.05) is 16.9 Å². The Morgan fingerprint density at radius 2 is 1.78 bits per heavy atom. The Bertz CT molecular complexity index is 919. The van der Waals surface area contributed by atoms with E-state index in [0.29, 0.717) is 11.1 Å². The lowest BCUT2D eigenvalue weighted by Crippen LogP contribution is -2.09. The highest BCUT2D eigenvalue weighted by atomic mass is 35.5. The minimum Gasteiger partial charge on any atom is -0.299 e. The molecule has 6 heteroatoms. The standard InChI is InChI=1S/C21H21ClFN3S/c1-14(15-10-12-16(23)13-11-15)27-21-25-24-20(18-8-4-5-9-19(18)22)26(21)17-6-2-3-7-17/h4-5,8-14,17H,2-3,6-7H2,1H3/t14-/m1/s1. The van der Waals surface area contributed by atoms with Crippen LogP contribution in [0.2, 0.25) is 5.02 Å². The van der Waals surface area contributed by atoms with Gasteiger partial charge in [0.25, 0.3) is 0 Å². The molecule has 4 rings (SSSR count). The molecule has 2 aromatic carbocycles. The van der Waals surface area contributed by atoms with Crippen molar-refractivity contribution >= 4 is 23.4 Å². The van der Waals surface area contributed by atoms with Gasteiger partial charge in [0.2, 0.25) is 0 Å². The van der Waals surface area contributed by atoms with Gasteiger partial charge in [-0.05, 0) is 49.6 Å². The molecule has 0 N–H and O–H groups in total. The maximum absolute atomic E-state index is 13.2. The van der Waals surface area contributed by atoms with E-state index in [1.165, 1.54) is 25.0 Å². The molecule has 1 atom stereocenters. The third-order valence-corrected chi connectivity index (χ3v) is 6.54. The average molecular weight is 402 g/mol. The lowest BCUT2D eigenvalue weighted by atomic mass is 10.2. The van der Waals surface area contributed by atoms with Crippen LogP contribution in [0.1, 0.15) is 49.5 Å². The first-order valence-corrected chi connectivity index (χ1v) is 10.5. The maximum atomic E-state index is 13.2. The monoisotopic (exact) mass is 401 g/mol. The quantitative estimate of drug-likeness (QED) is 0.445. The van der Waals surface area contributed by atoms with Crippen molar-refractivity contribution in [1.82, 2.24) is 14.8 Å². The van der Waals surface area contributed by atoms with Gasteiger partial charge in [-0.15, -0.1) is 10.2 Å². The van der Waals surface area contributed by atoms with E-state index in [-0.39, 0.29) is 11.1 Å². The van der Waals surface area contributed by atoms with Crippen LogP contribution in [0.5, 0.6) is 0 Å². The summed E-state index contributed by atoms with van der Waals surface area (Å²) in [6.45, 7) is 2.11. The molecule has 27 heavy (non-hydrogen) atoms. The highest BCUT2D eigenvalue weighted by Crippen LogP contribution is 2.41. The molecule has 0 aliphatic heterocycles. The second kappa shape index (κ2) is 8.03. The molecule has 0 unspecified atom stereocenters. The van der Waals surface area contributed by atoms with E-state index in [0.717, 1.165) is 34.9 Å². The van der Waals surface area contributed by atoms with Gasteiger partial charge in [-0.25, -0.2) is 4.39 Å². The minimum absolute atomic E-state index is 0.147. The lowest BCUT2D eigenvalue weighted by molar-refractivity contribution is 0.485. The third-order valence-electron chi connectivity index (χ3n) is 5.09. The summed E-state index contributed by atoms with van der Waals surface area (Å²) >= 11 is 8.10. The molecule has 0 radical (unpaired) electrons. The predicted molar refractivity (Wildman–Crippen MR) is 109 cm³/mol. The third kappa shape index (κ3) is 3.90. The van der Waals surface area contributed by atoms with Crippen LogP contribution in [-0.4, -0.2) is 14.8 Å². The fourth-order valence-electron chi connectivity index (χ4n) is 3.64. The van der Waals surface area contributed by atoms with Crippen molar-refractivity contribution in [2.75, 3.05) is 0 Å². The molecule has 1 saturated carbocycles. The lowest BCUT2D eigenvalue weighted by Gasteiger charge is -2.19. The molecule has 3 aromatic rings. The second-order valence-electron chi connectivity index (χ2n) is 6.91. The number of halogens is 2. The summed E-state index contributed by atoms with van der Waals surface area (Å²) < 4.78 is 15.5. The first kappa shape index (κ1) is 18.5. The van der Waals surface area contributed by atoms with Crippen molar-refractivity contribution < 1.29 is 4.39 Å². The molecule has 0 amide bonds. The fourth-order valence-corrected chi connectivity index (χ4v) is 4.90. The Balaban J connectivity index is 1.70. The van der Waals surface area contributed by atoms with E-state index in [2.05, 4.69) is 21.7 Å². The number of rotatable bonds is 5. The fraction of sp³-hybridized carbons (Fsp3) is 0.333. The van der Waals surface area contributed by atoms with Crippen molar-refractivity contribution in [3.05, 3.63) is 64.9 Å². The summed E-state index contributed by atoms with van der Waals surface area (Å²) in [7, 11) is 0. The number of nitrogens with zero attached hydrogens (tertiary/aromatic N) is 3. The van der Waals surface area contributed by atoms with E-state index in [9.17, 15) is 4.39 Å². The van der Waals surface area contributed by atoms with Crippen LogP contribution in [0.15, 0.2) is 53.7 Å². The van der Waals surface area contributed by atoms with Gasteiger partial charge >= 0.3 is 0 Å². The molecular weight excluding hydrogens is 381 g/mol. The number of thioether (sulfide) groups is 1. The number of benzene rings is 2. The molecule has 1 aromatic heterocycles. The highest BCUT2D eigenvalue weighted by molar-refractivity contribution is 7.99. The van der Waals surface area contributed by atoms with Crippen LogP contribution in [0.3, 0.4) is 0 Å². The molecule has 0 saturated heterocycles. The van der Waals surface area contributed by atoms with E-state index in [1.54, 1.807) is 11.8 Å². The number of hydrogen-bond donors (Lipinski definition) is 0. The van der Waals surface area contributed by atoms with Gasteiger partial charge in [0.05, 0.1) is 5.02 Å². The summed E-state index contributed by atoms with van der Waals surface area (Å²) in [6, 6.07) is 14.9. The summed E-state index contributed by atoms with van der Waals surface area (Å²) in [5.74, 6) is 0.618. The van der Waals surface area contributed by atoms with Crippen LogP contribution in [0, 0.1) is 5.82 Å². The Hall–Kier alpha value is -1.85. The van der Waals surface area contributed by atoms with Crippen LogP contribution >= 0.6 is 23.4 Å². The maximum Gasteiger partial charge on any atom is 0.192 e. The van der Waals surface area contributed by atoms with Crippen molar-refractivity contribution in [2.45, 2.75) is 49.1 Å². The molecule has 0 spiro atoms. The predicted octanol–water partition coefficient (Wildman–Crippen LogP) is 6.71. The normalized spacial score (nSPS) is 16.0. The first-order chi connectivity index (χ1) is 13.1. The topological polar surface area (TPSA) is 30.7 Å². The molecule has 1 heterocycles. The SMILES string of the molecule is C[C@@H](Sc1nnc(-c2ccccc2Cl)n1C1CCCC1)c1ccc(F)cc1. The zero-order valence-electron chi connectivity index (χ0n) is 15.1. The molecular formula is C21H21ClFN3S. The van der Waals surface area contributed by atoms with Gasteiger partial charge < -0.3 is 0 Å². The van der Waals surface area contributed by atoms with E-state index >= 15 is 0 Å². The van der Waals surface area contributed by atoms with Gasteiger partial charge in [0.15, 0.2) is 11.0 Å². The van der Waals surface area contributed by atoms with Gasteiger partial charge in [-0.3, -0.25) is 4.57 Å². The molecule has 0 bridgehead atoms. The average Bonchev–Trinajstić information content (AvgIpc) is 3.32. The van der Waals surface area contributed by atoms with Gasteiger partial charge in [0.1, 0.15) is 5.82 Å². The molecule has 1 aliphatic rings. The number of hydrogen-bond acceptors (Lipinski definition) is 3. The van der Waals surface area contributed by atoms with Crippen molar-refractivity contribution in [2.24, 2.45) is 0 Å². The molecule has 140 valence electrons. The van der Waals surface area contributed by atoms with Gasteiger partial charge in [-0.2, -0.15) is 0 Å². The highest BCUT2D eigenvalue weighted by Gasteiger charge is 2.26. The van der Waals surface area contributed by atoms with Crippen molar-refractivity contribution in [3.63, 3.8) is 0 Å². The Labute approximate surface area is 168 Å². The minimum atomic E-state index is -0.217. The van der Waals surface area contributed by atoms with Crippen molar-refractivity contribution in [3.8, 4) is 11.4 Å². The van der Waals surface area contributed by atoms with Crippen LogP contribution in [0.25, 0.3) is 11.4 Å². The summed E-state index contributed by atoms with van der Waals surface area (Å²) in [4.78, 5) is 0. The Morgan fingerprint density at radius 3 is 2.48 bits per heavy atom. The Kier molecular flexibility index (Phi) is 5.50. The van der Waals surface area contributed by atoms with Crippen LogP contribution in [-0.2, 0) is 0 Å². The first-order valence-electron chi connectivity index (χ1n) is 9.25. The molecule has 3 nitrogen and oxygen atoms in total. The Morgan fingerprint density at radius 1 is 1.07 bits per heavy atom. The van der Waals surface area contributed by atoms with E-state index in [1.807, 2.05) is 36.4 Å². The zero-order chi connectivity index (χ0) is 18.8. The number of aromatic nitrogens is 3. The molecule has 1 aliphatic carbocycles. The zero-order valence-corrected chi connectivity index (χ0v) is 16.7. The van der Waals surface area contributed by atoms with Gasteiger partial charge in [-0.1, -0.05) is 60.5 Å². The van der Waals surface area contributed by atoms with Crippen LogP contribution in [0.4, 0.5) is 4.39 Å². The van der Waals surface area contributed by atoms with Crippen LogP contribution < -0.4 is 0 Å². The molecule has 1 fully saturated rings. The second-order valence-corrected chi connectivity index (χ2v) is 8.62. The summed E-state index contributed by atoms with van der Waals surface area (Å²) in [5.41, 5.74) is 1.99. The van der Waals surface area contributed by atoms with E-state index < -0.39 is 0 Å². The summed E-state index contributed by atoms with van der Waals surface area (Å²) in [6.07, 6.45) is 4.72. The summed E-state index contributed by atoms with van der Waals surface area (Å²) in [5, 5.41) is 10.7. The largest absolute Gasteiger partial charge is 0.299 e.